The van der Waals surface area contributed by atoms with Crippen LogP contribution < -0.4 is 19.9 Å². The molecule has 2 aromatic carbocycles. The minimum atomic E-state index is 0.550. The van der Waals surface area contributed by atoms with E-state index in [-0.39, 0.29) is 0 Å². The molecule has 0 atom stereocenters. The van der Waals surface area contributed by atoms with E-state index in [0.29, 0.717) is 23.9 Å². The summed E-state index contributed by atoms with van der Waals surface area (Å²) in [6.45, 7) is 0.622. The highest BCUT2D eigenvalue weighted by molar-refractivity contribution is 5.85. The zero-order valence-electron chi connectivity index (χ0n) is 14.0. The lowest BCUT2D eigenvalue weighted by atomic mass is 9.97. The number of benzene rings is 2. The average Bonchev–Trinajstić information content (AvgIpc) is 2.59. The Morgan fingerprint density at radius 2 is 1.57 bits per heavy atom. The number of para-hydroxylation sites is 1. The van der Waals surface area contributed by atoms with E-state index in [0.717, 1.165) is 28.8 Å². The molecule has 0 heterocycles. The third-order valence-electron chi connectivity index (χ3n) is 3.77. The highest BCUT2D eigenvalue weighted by Gasteiger charge is 2.19. The van der Waals surface area contributed by atoms with Gasteiger partial charge in [0.2, 0.25) is 5.75 Å². The molecule has 2 aromatic rings. The number of hydrogen-bond acceptors (Lipinski definition) is 5. The molecule has 0 aliphatic rings. The molecule has 0 saturated carbocycles. The Kier molecular flexibility index (Phi) is 5.71. The monoisotopic (exact) mass is 317 g/mol. The van der Waals surface area contributed by atoms with Gasteiger partial charge in [-0.2, -0.15) is 0 Å². The molecule has 0 aliphatic carbocycles. The van der Waals surface area contributed by atoms with Gasteiger partial charge in [-0.1, -0.05) is 18.2 Å². The van der Waals surface area contributed by atoms with Crippen molar-refractivity contribution in [2.75, 3.05) is 40.8 Å². The van der Waals surface area contributed by atoms with Crippen LogP contribution in [0.1, 0.15) is 5.56 Å². The summed E-state index contributed by atoms with van der Waals surface area (Å²) in [7, 11) is 6.46. The smallest absolute Gasteiger partial charge is 0.203 e. The summed E-state index contributed by atoms with van der Waals surface area (Å²) >= 11 is 0. The Bertz CT molecular complexity index is 670. The Balaban J connectivity index is 2.58. The maximum absolute atomic E-state index is 6.36. The van der Waals surface area contributed by atoms with E-state index in [9.17, 15) is 0 Å². The molecule has 0 amide bonds. The topological polar surface area (TPSA) is 62.9 Å². The molecule has 2 N–H and O–H groups in total. The van der Waals surface area contributed by atoms with E-state index >= 15 is 0 Å². The Morgan fingerprint density at radius 1 is 0.826 bits per heavy atom. The van der Waals surface area contributed by atoms with E-state index in [1.165, 1.54) is 0 Å². The van der Waals surface area contributed by atoms with Crippen LogP contribution in [0.15, 0.2) is 30.3 Å². The zero-order valence-corrected chi connectivity index (χ0v) is 14.0. The van der Waals surface area contributed by atoms with Crippen LogP contribution in [0, 0.1) is 0 Å². The van der Waals surface area contributed by atoms with Crippen molar-refractivity contribution < 1.29 is 18.9 Å². The van der Waals surface area contributed by atoms with Crippen molar-refractivity contribution in [2.45, 2.75) is 6.42 Å². The van der Waals surface area contributed by atoms with Crippen molar-refractivity contribution in [1.29, 1.82) is 0 Å². The third kappa shape index (κ3) is 3.35. The zero-order chi connectivity index (χ0) is 16.8. The maximum Gasteiger partial charge on any atom is 0.203 e. The molecule has 5 nitrogen and oxygen atoms in total. The second-order valence-corrected chi connectivity index (χ2v) is 5.00. The van der Waals surface area contributed by atoms with Crippen molar-refractivity contribution in [3.63, 3.8) is 0 Å². The van der Waals surface area contributed by atoms with E-state index in [1.807, 2.05) is 30.3 Å². The van der Waals surface area contributed by atoms with Gasteiger partial charge in [0, 0.05) is 23.9 Å². The normalized spacial score (nSPS) is 10.4. The molecule has 0 unspecified atom stereocenters. The van der Waals surface area contributed by atoms with Crippen molar-refractivity contribution in [1.82, 2.24) is 0 Å². The first-order valence-electron chi connectivity index (χ1n) is 7.33. The lowest BCUT2D eigenvalue weighted by Gasteiger charge is -2.18. The number of methoxy groups -OCH3 is 4. The molecule has 0 radical (unpaired) electrons. The first-order valence-corrected chi connectivity index (χ1v) is 7.33. The van der Waals surface area contributed by atoms with Crippen molar-refractivity contribution in [3.8, 4) is 28.4 Å². The van der Waals surface area contributed by atoms with Crippen molar-refractivity contribution in [3.05, 3.63) is 35.9 Å². The van der Waals surface area contributed by atoms with E-state index in [2.05, 4.69) is 0 Å². The van der Waals surface area contributed by atoms with Gasteiger partial charge in [0.25, 0.3) is 0 Å². The number of ether oxygens (including phenoxy) is 4. The number of hydrogen-bond donors (Lipinski definition) is 1. The number of nitrogen functional groups attached to an aromatic ring is 1. The van der Waals surface area contributed by atoms with Gasteiger partial charge in [0.1, 0.15) is 0 Å². The van der Waals surface area contributed by atoms with Gasteiger partial charge in [-0.25, -0.2) is 0 Å². The quantitative estimate of drug-likeness (QED) is 0.795. The fraction of sp³-hybridized carbons (Fsp3) is 0.333. The Labute approximate surface area is 136 Å². The van der Waals surface area contributed by atoms with E-state index < -0.39 is 0 Å². The molecule has 124 valence electrons. The van der Waals surface area contributed by atoms with Crippen LogP contribution in [0.25, 0.3) is 11.1 Å². The highest BCUT2D eigenvalue weighted by Crippen LogP contribution is 2.45. The minimum absolute atomic E-state index is 0.550. The second kappa shape index (κ2) is 7.74. The fourth-order valence-corrected chi connectivity index (χ4v) is 2.59. The molecule has 0 saturated heterocycles. The molecule has 0 aromatic heterocycles. The summed E-state index contributed by atoms with van der Waals surface area (Å²) < 4.78 is 21.5. The minimum Gasteiger partial charge on any atom is -0.493 e. The van der Waals surface area contributed by atoms with E-state index in [1.54, 1.807) is 28.4 Å². The largest absolute Gasteiger partial charge is 0.493 e. The summed E-state index contributed by atoms with van der Waals surface area (Å²) in [5.41, 5.74) is 9.88. The number of anilines is 1. The molecular weight excluding hydrogens is 294 g/mol. The molecule has 2 rings (SSSR count). The lowest BCUT2D eigenvalue weighted by molar-refractivity contribution is 0.202. The molecule has 0 bridgehead atoms. The first-order chi connectivity index (χ1) is 11.2. The molecule has 0 aliphatic heterocycles. The fourth-order valence-electron chi connectivity index (χ4n) is 2.59. The summed E-state index contributed by atoms with van der Waals surface area (Å²) in [6, 6.07) is 9.72. The second-order valence-electron chi connectivity index (χ2n) is 5.00. The van der Waals surface area contributed by atoms with Crippen LogP contribution in [0.5, 0.6) is 17.2 Å². The SMILES string of the molecule is COCCc1cccc(-c2ccc(OC)c(OC)c2OC)c1N. The highest BCUT2D eigenvalue weighted by atomic mass is 16.5. The molecule has 5 heteroatoms. The Hall–Kier alpha value is -2.40. The predicted molar refractivity (Wildman–Crippen MR) is 91.5 cm³/mol. The molecule has 0 spiro atoms. The van der Waals surface area contributed by atoms with Gasteiger partial charge < -0.3 is 24.7 Å². The van der Waals surface area contributed by atoms with Gasteiger partial charge in [-0.15, -0.1) is 0 Å². The summed E-state index contributed by atoms with van der Waals surface area (Å²) in [5.74, 6) is 1.76. The van der Waals surface area contributed by atoms with Gasteiger partial charge in [0.15, 0.2) is 11.5 Å². The number of nitrogens with two attached hydrogens (primary N) is 1. The van der Waals surface area contributed by atoms with Crippen molar-refractivity contribution in [2.24, 2.45) is 0 Å². The molecular formula is C18H23NO4. The van der Waals surface area contributed by atoms with Crippen LogP contribution in [0.4, 0.5) is 5.69 Å². The van der Waals surface area contributed by atoms with Crippen LogP contribution in [-0.2, 0) is 11.2 Å². The summed E-state index contributed by atoms with van der Waals surface area (Å²) in [4.78, 5) is 0. The van der Waals surface area contributed by atoms with Gasteiger partial charge in [-0.3, -0.25) is 0 Å². The van der Waals surface area contributed by atoms with Crippen molar-refractivity contribution >= 4 is 5.69 Å². The predicted octanol–water partition coefficient (Wildman–Crippen LogP) is 3.15. The number of rotatable bonds is 7. The van der Waals surface area contributed by atoms with Crippen LogP contribution in [0.2, 0.25) is 0 Å². The average molecular weight is 317 g/mol. The van der Waals surface area contributed by atoms with Gasteiger partial charge >= 0.3 is 0 Å². The van der Waals surface area contributed by atoms with Crippen LogP contribution >= 0.6 is 0 Å². The molecule has 0 fully saturated rings. The maximum atomic E-state index is 6.36. The van der Waals surface area contributed by atoms with Gasteiger partial charge in [-0.05, 0) is 24.1 Å². The third-order valence-corrected chi connectivity index (χ3v) is 3.77. The van der Waals surface area contributed by atoms with Crippen LogP contribution in [0.3, 0.4) is 0 Å². The van der Waals surface area contributed by atoms with Crippen LogP contribution in [-0.4, -0.2) is 35.0 Å². The lowest BCUT2D eigenvalue weighted by Crippen LogP contribution is -2.02. The summed E-state index contributed by atoms with van der Waals surface area (Å²) in [5, 5.41) is 0. The summed E-state index contributed by atoms with van der Waals surface area (Å²) in [6.07, 6.45) is 0.756. The van der Waals surface area contributed by atoms with E-state index in [4.69, 9.17) is 24.7 Å². The Morgan fingerprint density at radius 3 is 2.17 bits per heavy atom. The standard InChI is InChI=1S/C18H23NO4/c1-20-11-10-12-6-5-7-13(16(12)19)14-8-9-15(21-2)18(23-4)17(14)22-3/h5-9H,10-11,19H2,1-4H3. The first kappa shape index (κ1) is 17.0. The van der Waals surface area contributed by atoms with Gasteiger partial charge in [0.05, 0.1) is 27.9 Å². The molecule has 23 heavy (non-hydrogen) atoms.